The van der Waals surface area contributed by atoms with Crippen LogP contribution in [0.4, 0.5) is 5.69 Å². The minimum Gasteiger partial charge on any atom is -0.338 e. The van der Waals surface area contributed by atoms with Crippen molar-refractivity contribution < 1.29 is 4.79 Å². The van der Waals surface area contributed by atoms with Gasteiger partial charge in [0, 0.05) is 35.2 Å². The third-order valence-corrected chi connectivity index (χ3v) is 4.89. The lowest BCUT2D eigenvalue weighted by atomic mass is 10.1. The second-order valence-electron chi connectivity index (χ2n) is 7.07. The van der Waals surface area contributed by atoms with Gasteiger partial charge in [-0.3, -0.25) is 19.9 Å². The highest BCUT2D eigenvalue weighted by Gasteiger charge is 2.13. The van der Waals surface area contributed by atoms with Crippen molar-refractivity contribution in [3.05, 3.63) is 55.1 Å². The average molecular weight is 397 g/mol. The van der Waals surface area contributed by atoms with Crippen LogP contribution in [-0.4, -0.2) is 36.0 Å². The largest absolute Gasteiger partial charge is 0.338 e. The Balaban J connectivity index is 1.54. The predicted molar refractivity (Wildman–Crippen MR) is 116 cm³/mol. The van der Waals surface area contributed by atoms with E-state index >= 15 is 0 Å². The maximum absolute atomic E-state index is 11.9. The second kappa shape index (κ2) is 7.40. The van der Waals surface area contributed by atoms with Gasteiger partial charge in [0.1, 0.15) is 11.3 Å². The number of nitrogens with one attached hydrogen (secondary N) is 3. The van der Waals surface area contributed by atoms with E-state index < -0.39 is 0 Å². The van der Waals surface area contributed by atoms with Gasteiger partial charge in [0.2, 0.25) is 5.91 Å². The minimum absolute atomic E-state index is 0.0237. The topological polar surface area (TPSA) is 112 Å². The summed E-state index contributed by atoms with van der Waals surface area (Å²) in [6, 6.07) is 9.80. The summed E-state index contributed by atoms with van der Waals surface area (Å²) in [6.07, 6.45) is 8.15. The maximum Gasteiger partial charge on any atom is 0.224 e. The molecule has 5 rings (SSSR count). The molecule has 0 aliphatic carbocycles. The second-order valence-corrected chi connectivity index (χ2v) is 7.07. The van der Waals surface area contributed by atoms with Crippen LogP contribution in [0.2, 0.25) is 0 Å². The molecule has 8 heteroatoms. The molecule has 5 aromatic rings. The number of carbonyl (C=O) groups excluding carboxylic acids is 1. The first-order valence-electron chi connectivity index (χ1n) is 9.75. The SMILES string of the molecule is CCCC(=O)Nc1cncc(-c2cc3c(-c4cc5cccnc5[nH]4)n[nH]c3cn2)c1. The summed E-state index contributed by atoms with van der Waals surface area (Å²) in [6.45, 7) is 1.97. The van der Waals surface area contributed by atoms with Crippen LogP contribution in [0.5, 0.6) is 0 Å². The number of rotatable bonds is 5. The molecule has 3 N–H and O–H groups in total. The van der Waals surface area contributed by atoms with E-state index in [0.717, 1.165) is 51.0 Å². The Morgan fingerprint density at radius 3 is 2.93 bits per heavy atom. The van der Waals surface area contributed by atoms with E-state index in [1.165, 1.54) is 0 Å². The van der Waals surface area contributed by atoms with Crippen molar-refractivity contribution in [1.29, 1.82) is 0 Å². The highest BCUT2D eigenvalue weighted by molar-refractivity contribution is 5.96. The van der Waals surface area contributed by atoms with Gasteiger partial charge < -0.3 is 10.3 Å². The van der Waals surface area contributed by atoms with E-state index in [9.17, 15) is 4.79 Å². The molecule has 0 saturated carbocycles. The Bertz CT molecular complexity index is 1340. The summed E-state index contributed by atoms with van der Waals surface area (Å²) >= 11 is 0. The molecule has 0 saturated heterocycles. The summed E-state index contributed by atoms with van der Waals surface area (Å²) in [4.78, 5) is 28.4. The van der Waals surface area contributed by atoms with Crippen LogP contribution in [0.3, 0.4) is 0 Å². The lowest BCUT2D eigenvalue weighted by Crippen LogP contribution is -2.10. The van der Waals surface area contributed by atoms with Gasteiger partial charge in [-0.2, -0.15) is 5.10 Å². The van der Waals surface area contributed by atoms with Crippen LogP contribution in [0.1, 0.15) is 19.8 Å². The van der Waals surface area contributed by atoms with Crippen molar-refractivity contribution >= 4 is 33.5 Å². The number of H-pyrrole nitrogens is 2. The summed E-state index contributed by atoms with van der Waals surface area (Å²) in [5.41, 5.74) is 5.55. The molecule has 1 amide bonds. The zero-order chi connectivity index (χ0) is 20.5. The van der Waals surface area contributed by atoms with Crippen LogP contribution in [0.25, 0.3) is 44.6 Å². The van der Waals surface area contributed by atoms with Crippen LogP contribution < -0.4 is 5.32 Å². The summed E-state index contributed by atoms with van der Waals surface area (Å²) in [5, 5.41) is 12.4. The number of aromatic amines is 2. The highest BCUT2D eigenvalue weighted by Crippen LogP contribution is 2.30. The molecular formula is C22H19N7O. The minimum atomic E-state index is -0.0237. The molecule has 5 aromatic heterocycles. The standard InChI is InChI=1S/C22H19N7O/c1-2-4-20(30)26-15-7-14(10-23-11-15)17-9-16-19(12-25-17)28-29-21(16)18-8-13-5-3-6-24-22(13)27-18/h3,5-12H,2,4H2,1H3,(H,24,27)(H,26,30)(H,28,29). The van der Waals surface area contributed by atoms with Crippen molar-refractivity contribution in [3.63, 3.8) is 0 Å². The number of nitrogens with zero attached hydrogens (tertiary/aromatic N) is 4. The van der Waals surface area contributed by atoms with Gasteiger partial charge in [-0.05, 0) is 36.8 Å². The molecule has 0 aliphatic heterocycles. The van der Waals surface area contributed by atoms with Crippen LogP contribution in [0.15, 0.2) is 55.1 Å². The quantitative estimate of drug-likeness (QED) is 0.409. The number of fused-ring (bicyclic) bond motifs is 2. The zero-order valence-electron chi connectivity index (χ0n) is 16.3. The molecule has 0 radical (unpaired) electrons. The van der Waals surface area contributed by atoms with Gasteiger partial charge in [0.25, 0.3) is 0 Å². The lowest BCUT2D eigenvalue weighted by Gasteiger charge is -2.06. The molecule has 30 heavy (non-hydrogen) atoms. The molecule has 0 unspecified atom stereocenters. The molecule has 0 aliphatic rings. The van der Waals surface area contributed by atoms with Gasteiger partial charge >= 0.3 is 0 Å². The van der Waals surface area contributed by atoms with Crippen molar-refractivity contribution in [1.82, 2.24) is 30.1 Å². The van der Waals surface area contributed by atoms with Crippen LogP contribution in [0, 0.1) is 0 Å². The number of anilines is 1. The molecule has 5 heterocycles. The molecular weight excluding hydrogens is 378 g/mol. The summed E-state index contributed by atoms with van der Waals surface area (Å²) in [5.74, 6) is -0.0237. The van der Waals surface area contributed by atoms with Gasteiger partial charge in [0.05, 0.1) is 35.0 Å². The van der Waals surface area contributed by atoms with Crippen molar-refractivity contribution in [2.45, 2.75) is 19.8 Å². The van der Waals surface area contributed by atoms with Crippen LogP contribution in [-0.2, 0) is 4.79 Å². The molecule has 0 aromatic carbocycles. The number of carbonyl (C=O) groups is 1. The predicted octanol–water partition coefficient (Wildman–Crippen LogP) is 4.30. The summed E-state index contributed by atoms with van der Waals surface area (Å²) in [7, 11) is 0. The first kappa shape index (κ1) is 18.0. The zero-order valence-corrected chi connectivity index (χ0v) is 16.3. The van der Waals surface area contributed by atoms with E-state index in [0.29, 0.717) is 12.1 Å². The Hall–Kier alpha value is -4.07. The van der Waals surface area contributed by atoms with E-state index in [4.69, 9.17) is 0 Å². The normalized spacial score (nSPS) is 11.2. The van der Waals surface area contributed by atoms with Gasteiger partial charge in [-0.1, -0.05) is 6.92 Å². The van der Waals surface area contributed by atoms with Crippen molar-refractivity contribution in [2.75, 3.05) is 5.32 Å². The van der Waals surface area contributed by atoms with Gasteiger partial charge in [0.15, 0.2) is 0 Å². The first-order chi connectivity index (χ1) is 14.7. The molecule has 8 nitrogen and oxygen atoms in total. The maximum atomic E-state index is 11.9. The number of aromatic nitrogens is 6. The number of amides is 1. The Labute approximate surface area is 171 Å². The van der Waals surface area contributed by atoms with E-state index in [1.807, 2.05) is 37.3 Å². The third kappa shape index (κ3) is 3.28. The monoisotopic (exact) mass is 397 g/mol. The van der Waals surface area contributed by atoms with E-state index in [2.05, 4.69) is 35.5 Å². The Morgan fingerprint density at radius 2 is 2.07 bits per heavy atom. The smallest absolute Gasteiger partial charge is 0.224 e. The Morgan fingerprint density at radius 1 is 1.13 bits per heavy atom. The lowest BCUT2D eigenvalue weighted by molar-refractivity contribution is -0.116. The first-order valence-corrected chi connectivity index (χ1v) is 9.75. The fourth-order valence-corrected chi connectivity index (χ4v) is 3.46. The van der Waals surface area contributed by atoms with Gasteiger partial charge in [-0.15, -0.1) is 0 Å². The van der Waals surface area contributed by atoms with E-state index in [1.54, 1.807) is 24.8 Å². The van der Waals surface area contributed by atoms with Crippen molar-refractivity contribution in [3.8, 4) is 22.6 Å². The molecule has 0 fully saturated rings. The Kier molecular flexibility index (Phi) is 4.44. The third-order valence-electron chi connectivity index (χ3n) is 4.89. The molecule has 148 valence electrons. The van der Waals surface area contributed by atoms with E-state index in [-0.39, 0.29) is 5.91 Å². The molecule has 0 bridgehead atoms. The van der Waals surface area contributed by atoms with Crippen LogP contribution >= 0.6 is 0 Å². The van der Waals surface area contributed by atoms with Crippen molar-refractivity contribution in [2.24, 2.45) is 0 Å². The molecule has 0 spiro atoms. The number of hydrogen-bond donors (Lipinski definition) is 3. The summed E-state index contributed by atoms with van der Waals surface area (Å²) < 4.78 is 0. The molecule has 0 atom stereocenters. The fraction of sp³-hybridized carbons (Fsp3) is 0.136. The average Bonchev–Trinajstić information content (AvgIpc) is 3.37. The fourth-order valence-electron chi connectivity index (χ4n) is 3.46. The highest BCUT2D eigenvalue weighted by atomic mass is 16.1. The number of pyridine rings is 3. The van der Waals surface area contributed by atoms with Gasteiger partial charge in [-0.25, -0.2) is 4.98 Å². The number of hydrogen-bond acceptors (Lipinski definition) is 5.